The van der Waals surface area contributed by atoms with Crippen molar-refractivity contribution in [1.29, 1.82) is 0 Å². The van der Waals surface area contributed by atoms with Crippen molar-refractivity contribution in [2.75, 3.05) is 0 Å². The van der Waals surface area contributed by atoms with Gasteiger partial charge in [-0.05, 0) is 13.0 Å². The maximum atomic E-state index is 5.69. The van der Waals surface area contributed by atoms with E-state index >= 15 is 0 Å². The van der Waals surface area contributed by atoms with E-state index in [2.05, 4.69) is 20.8 Å². The van der Waals surface area contributed by atoms with Gasteiger partial charge in [0.25, 0.3) is 0 Å². The summed E-state index contributed by atoms with van der Waals surface area (Å²) in [5.74, 6) is 0. The van der Waals surface area contributed by atoms with Crippen LogP contribution < -0.4 is 11.5 Å². The van der Waals surface area contributed by atoms with Gasteiger partial charge in [-0.2, -0.15) is 0 Å². The van der Waals surface area contributed by atoms with Crippen LogP contribution in [0.2, 0.25) is 0 Å². The molecule has 2 nitrogen and oxygen atoms in total. The van der Waals surface area contributed by atoms with Crippen molar-refractivity contribution < 1.29 is 0 Å². The highest BCUT2D eigenvalue weighted by atomic mass is 35.5. The van der Waals surface area contributed by atoms with E-state index in [9.17, 15) is 0 Å². The quantitative estimate of drug-likeness (QED) is 0.556. The summed E-state index contributed by atoms with van der Waals surface area (Å²) in [4.78, 5) is 0.931. The van der Waals surface area contributed by atoms with Crippen LogP contribution in [0, 0.1) is 0 Å². The molecule has 0 spiro atoms. The summed E-state index contributed by atoms with van der Waals surface area (Å²) in [7, 11) is 0. The molecule has 0 saturated heterocycles. The molecular formula is C9H17ClN2S. The van der Waals surface area contributed by atoms with Crippen LogP contribution in [0.25, 0.3) is 0 Å². The minimum Gasteiger partial charge on any atom is -0.401 e. The number of thioether (sulfide) groups is 1. The normalized spacial score (nSPS) is 15.6. The van der Waals surface area contributed by atoms with Crippen molar-refractivity contribution in [2.45, 2.75) is 32.4 Å². The van der Waals surface area contributed by atoms with Crippen molar-refractivity contribution >= 4 is 23.4 Å². The van der Waals surface area contributed by atoms with Crippen molar-refractivity contribution in [3.8, 4) is 0 Å². The Morgan fingerprint density at radius 2 is 1.77 bits per heavy atom. The van der Waals surface area contributed by atoms with E-state index in [0.717, 1.165) is 10.6 Å². The van der Waals surface area contributed by atoms with Gasteiger partial charge in [-0.1, -0.05) is 32.4 Å². The van der Waals surface area contributed by atoms with Crippen molar-refractivity contribution in [3.05, 3.63) is 21.8 Å². The summed E-state index contributed by atoms with van der Waals surface area (Å²) >= 11 is 7.23. The fourth-order valence-corrected chi connectivity index (χ4v) is 1.86. The van der Waals surface area contributed by atoms with Gasteiger partial charge in [0.15, 0.2) is 0 Å². The maximum absolute atomic E-state index is 5.69. The average Bonchev–Trinajstić information content (AvgIpc) is 1.81. The zero-order valence-electron chi connectivity index (χ0n) is 8.52. The van der Waals surface area contributed by atoms with Crippen LogP contribution in [0.3, 0.4) is 0 Å². The first kappa shape index (κ1) is 12.7. The highest BCUT2D eigenvalue weighted by Gasteiger charge is 2.13. The summed E-state index contributed by atoms with van der Waals surface area (Å²) in [6.45, 7) is 8.17. The van der Waals surface area contributed by atoms with Gasteiger partial charge in [-0.25, -0.2) is 0 Å². The third-order valence-corrected chi connectivity index (χ3v) is 2.46. The number of hydrogen-bond acceptors (Lipinski definition) is 3. The number of halogens is 1. The Labute approximate surface area is 89.4 Å². The molecular weight excluding hydrogens is 204 g/mol. The van der Waals surface area contributed by atoms with Gasteiger partial charge in [0.05, 0.1) is 0 Å². The molecule has 0 heterocycles. The van der Waals surface area contributed by atoms with Gasteiger partial charge < -0.3 is 11.5 Å². The lowest BCUT2D eigenvalue weighted by Crippen LogP contribution is -2.09. The number of hydrogen-bond donors (Lipinski definition) is 2. The van der Waals surface area contributed by atoms with E-state index in [1.807, 2.05) is 6.92 Å². The summed E-state index contributed by atoms with van der Waals surface area (Å²) in [5, 5.41) is 0.261. The highest BCUT2D eigenvalue weighted by Crippen LogP contribution is 2.33. The molecule has 0 saturated carbocycles. The number of nitrogens with two attached hydrogens (primary N) is 2. The standard InChI is InChI=1S/C9H17ClN2S/c1-6(11)7(5-8(10)12)13-9(2,3)4/h5H,11-12H2,1-4H3/b7-6+,8-5-. The number of rotatable bonds is 2. The molecule has 13 heavy (non-hydrogen) atoms. The molecule has 0 aromatic rings. The SMILES string of the molecule is C/C(N)=C(/C=C(\N)Cl)SC(C)(C)C. The molecule has 0 bridgehead atoms. The molecule has 0 aliphatic carbocycles. The minimum atomic E-state index is 0.110. The largest absolute Gasteiger partial charge is 0.401 e. The predicted octanol–water partition coefficient (Wildman–Crippen LogP) is 2.75. The van der Waals surface area contributed by atoms with Crippen LogP contribution >= 0.6 is 23.4 Å². The second-order valence-electron chi connectivity index (χ2n) is 3.79. The summed E-state index contributed by atoms with van der Waals surface area (Å²) in [6, 6.07) is 0. The Hall–Kier alpha value is -0.280. The smallest absolute Gasteiger partial charge is 0.100 e. The fourth-order valence-electron chi connectivity index (χ4n) is 0.679. The molecule has 0 atom stereocenters. The predicted molar refractivity (Wildman–Crippen MR) is 62.4 cm³/mol. The molecule has 0 fully saturated rings. The van der Waals surface area contributed by atoms with Crippen LogP contribution in [0.5, 0.6) is 0 Å². The molecule has 4 N–H and O–H groups in total. The molecule has 0 aliphatic rings. The van der Waals surface area contributed by atoms with Crippen LogP contribution in [-0.2, 0) is 0 Å². The topological polar surface area (TPSA) is 52.0 Å². The van der Waals surface area contributed by atoms with E-state index < -0.39 is 0 Å². The first-order valence-electron chi connectivity index (χ1n) is 4.00. The van der Waals surface area contributed by atoms with Gasteiger partial charge in [-0.15, -0.1) is 11.8 Å². The average molecular weight is 221 g/mol. The third-order valence-electron chi connectivity index (χ3n) is 1.07. The van der Waals surface area contributed by atoms with Gasteiger partial charge >= 0.3 is 0 Å². The highest BCUT2D eigenvalue weighted by molar-refractivity contribution is 8.04. The van der Waals surface area contributed by atoms with Crippen molar-refractivity contribution in [1.82, 2.24) is 0 Å². The summed E-state index contributed by atoms with van der Waals surface area (Å²) in [6.07, 6.45) is 1.69. The number of allylic oxidation sites excluding steroid dienone is 2. The molecule has 0 aromatic heterocycles. The molecule has 0 unspecified atom stereocenters. The zero-order chi connectivity index (χ0) is 10.6. The Kier molecular flexibility index (Phi) is 4.71. The Morgan fingerprint density at radius 3 is 2.00 bits per heavy atom. The fraction of sp³-hybridized carbons (Fsp3) is 0.556. The van der Waals surface area contributed by atoms with Gasteiger partial charge in [0.2, 0.25) is 0 Å². The summed E-state index contributed by atoms with van der Waals surface area (Å²) < 4.78 is 0.110. The van der Waals surface area contributed by atoms with Crippen molar-refractivity contribution in [2.24, 2.45) is 11.5 Å². The summed E-state index contributed by atoms with van der Waals surface area (Å²) in [5.41, 5.74) is 11.8. The molecule has 0 radical (unpaired) electrons. The van der Waals surface area contributed by atoms with Gasteiger partial charge in [-0.3, -0.25) is 0 Å². The second-order valence-corrected chi connectivity index (χ2v) is 6.10. The minimum absolute atomic E-state index is 0.110. The lowest BCUT2D eigenvalue weighted by molar-refractivity contribution is 0.806. The van der Waals surface area contributed by atoms with Gasteiger partial charge in [0.1, 0.15) is 5.16 Å². The lowest BCUT2D eigenvalue weighted by Gasteiger charge is -2.19. The Bertz CT molecular complexity index is 230. The van der Waals surface area contributed by atoms with Crippen molar-refractivity contribution in [3.63, 3.8) is 0 Å². The maximum Gasteiger partial charge on any atom is 0.100 e. The van der Waals surface area contributed by atoms with E-state index in [0.29, 0.717) is 0 Å². The van der Waals surface area contributed by atoms with Crippen LogP contribution in [0.15, 0.2) is 21.8 Å². The second kappa shape index (κ2) is 4.82. The molecule has 0 aromatic carbocycles. The van der Waals surface area contributed by atoms with E-state index in [4.69, 9.17) is 23.1 Å². The Balaban J connectivity index is 4.69. The van der Waals surface area contributed by atoms with E-state index in [-0.39, 0.29) is 9.90 Å². The third kappa shape index (κ3) is 6.84. The van der Waals surface area contributed by atoms with Crippen LogP contribution in [0.1, 0.15) is 27.7 Å². The molecule has 0 rings (SSSR count). The van der Waals surface area contributed by atoms with Gasteiger partial charge in [0, 0.05) is 15.3 Å². The molecule has 4 heteroatoms. The molecule has 76 valence electrons. The van der Waals surface area contributed by atoms with Crippen LogP contribution in [-0.4, -0.2) is 4.75 Å². The molecule has 0 amide bonds. The van der Waals surface area contributed by atoms with E-state index in [1.165, 1.54) is 0 Å². The van der Waals surface area contributed by atoms with Crippen LogP contribution in [0.4, 0.5) is 0 Å². The zero-order valence-corrected chi connectivity index (χ0v) is 10.1. The van der Waals surface area contributed by atoms with E-state index in [1.54, 1.807) is 17.8 Å². The Morgan fingerprint density at radius 1 is 1.31 bits per heavy atom. The molecule has 0 aliphatic heterocycles. The first-order chi connectivity index (χ1) is 5.72. The lowest BCUT2D eigenvalue weighted by atomic mass is 10.3. The monoisotopic (exact) mass is 220 g/mol. The first-order valence-corrected chi connectivity index (χ1v) is 5.20.